The summed E-state index contributed by atoms with van der Waals surface area (Å²) in [6.07, 6.45) is 1.96. The number of piperazine rings is 1. The third-order valence-corrected chi connectivity index (χ3v) is 5.70. The van der Waals surface area contributed by atoms with Crippen LogP contribution in [-0.4, -0.2) is 38.6 Å². The summed E-state index contributed by atoms with van der Waals surface area (Å²) in [5, 5.41) is 0. The van der Waals surface area contributed by atoms with Gasteiger partial charge in [0.05, 0.1) is 12.7 Å². The van der Waals surface area contributed by atoms with E-state index in [2.05, 4.69) is 53.2 Å². The van der Waals surface area contributed by atoms with Gasteiger partial charge in [-0.3, -0.25) is 9.69 Å². The standard InChI is InChI=1S/C25H28N4O/c1-21-8-7-11-23(18-21)29(19-22-9-3-2-4-10-22)25(30)20-27-14-16-28(17-15-27)24-12-5-6-13-26-24/h2-13,18H,14-17,19-20H2,1H3/p+2. The molecular weight excluding hydrogens is 372 g/mol. The number of hydrogen-bond donors (Lipinski definition) is 1. The van der Waals surface area contributed by atoms with E-state index >= 15 is 0 Å². The van der Waals surface area contributed by atoms with Gasteiger partial charge in [0.25, 0.3) is 11.7 Å². The Morgan fingerprint density at radius 2 is 1.77 bits per heavy atom. The smallest absolute Gasteiger partial charge is 0.282 e. The van der Waals surface area contributed by atoms with Crippen LogP contribution in [0.1, 0.15) is 11.1 Å². The van der Waals surface area contributed by atoms with Crippen molar-refractivity contribution in [2.75, 3.05) is 42.5 Å². The van der Waals surface area contributed by atoms with Gasteiger partial charge in [-0.25, -0.2) is 4.98 Å². The van der Waals surface area contributed by atoms with Gasteiger partial charge in [-0.2, -0.15) is 0 Å². The number of H-pyrrole nitrogens is 1. The van der Waals surface area contributed by atoms with Crippen molar-refractivity contribution in [3.05, 3.63) is 90.1 Å². The fourth-order valence-corrected chi connectivity index (χ4v) is 4.02. The highest BCUT2D eigenvalue weighted by Gasteiger charge is 2.29. The molecule has 1 aliphatic heterocycles. The Morgan fingerprint density at radius 3 is 2.47 bits per heavy atom. The van der Waals surface area contributed by atoms with E-state index in [1.807, 2.05) is 47.5 Å². The number of nitrogens with one attached hydrogen (secondary N) is 2. The highest BCUT2D eigenvalue weighted by Crippen LogP contribution is 2.19. The van der Waals surface area contributed by atoms with Crippen LogP contribution in [-0.2, 0) is 11.3 Å². The number of carbonyl (C=O) groups excluding carboxylic acids is 1. The normalized spacial score (nSPS) is 14.5. The molecule has 154 valence electrons. The van der Waals surface area contributed by atoms with Gasteiger partial charge in [0.15, 0.2) is 6.54 Å². The molecule has 1 fully saturated rings. The van der Waals surface area contributed by atoms with E-state index < -0.39 is 0 Å². The number of amides is 1. The monoisotopic (exact) mass is 402 g/mol. The second-order valence-corrected chi connectivity index (χ2v) is 7.97. The Balaban J connectivity index is 1.43. The molecule has 5 nitrogen and oxygen atoms in total. The zero-order chi connectivity index (χ0) is 20.8. The number of hydrogen-bond acceptors (Lipinski definition) is 2. The second-order valence-electron chi connectivity index (χ2n) is 7.97. The number of anilines is 2. The van der Waals surface area contributed by atoms with Gasteiger partial charge >= 0.3 is 0 Å². The number of benzene rings is 2. The molecule has 1 aromatic heterocycles. The maximum Gasteiger partial charge on any atom is 0.282 e. The number of rotatable bonds is 6. The van der Waals surface area contributed by atoms with E-state index in [1.165, 1.54) is 10.5 Å². The Bertz CT molecular complexity index is 953. The van der Waals surface area contributed by atoms with Crippen molar-refractivity contribution in [1.82, 2.24) is 0 Å². The van der Waals surface area contributed by atoms with Crippen molar-refractivity contribution in [3.8, 4) is 0 Å². The minimum atomic E-state index is 0.180. The van der Waals surface area contributed by atoms with Crippen LogP contribution in [0.2, 0.25) is 0 Å². The van der Waals surface area contributed by atoms with Crippen LogP contribution in [0.3, 0.4) is 0 Å². The first-order valence-electron chi connectivity index (χ1n) is 10.7. The molecule has 1 amide bonds. The summed E-state index contributed by atoms with van der Waals surface area (Å²) in [5.41, 5.74) is 3.28. The van der Waals surface area contributed by atoms with Gasteiger partial charge in [0.1, 0.15) is 26.2 Å². The molecule has 0 radical (unpaired) electrons. The number of carbonyl (C=O) groups is 1. The van der Waals surface area contributed by atoms with Gasteiger partial charge in [-0.05, 0) is 36.2 Å². The number of pyridine rings is 1. The molecule has 1 aliphatic rings. The van der Waals surface area contributed by atoms with E-state index in [0.29, 0.717) is 13.1 Å². The molecule has 0 saturated carbocycles. The molecule has 5 heteroatoms. The van der Waals surface area contributed by atoms with Crippen LogP contribution in [0.25, 0.3) is 0 Å². The maximum atomic E-state index is 13.4. The lowest BCUT2D eigenvalue weighted by Gasteiger charge is -2.30. The zero-order valence-corrected chi connectivity index (χ0v) is 17.6. The first kappa shape index (κ1) is 20.1. The molecule has 2 aromatic carbocycles. The minimum absolute atomic E-state index is 0.180. The Hall–Kier alpha value is -3.18. The molecule has 4 rings (SSSR count). The van der Waals surface area contributed by atoms with Crippen LogP contribution in [0, 0.1) is 6.92 Å². The van der Waals surface area contributed by atoms with Crippen LogP contribution >= 0.6 is 0 Å². The highest BCUT2D eigenvalue weighted by atomic mass is 16.2. The topological polar surface area (TPSA) is 42.1 Å². The second kappa shape index (κ2) is 9.55. The number of aromatic amines is 1. The van der Waals surface area contributed by atoms with Crippen molar-refractivity contribution in [1.29, 1.82) is 0 Å². The third kappa shape index (κ3) is 5.05. The summed E-state index contributed by atoms with van der Waals surface area (Å²) in [5.74, 6) is 1.33. The zero-order valence-electron chi connectivity index (χ0n) is 17.6. The SMILES string of the molecule is Cc1cccc(N(Cc2ccccc2)C(=O)C[NH+]2CCN(c3cccc[nH+]3)CC2)c1. The Kier molecular flexibility index (Phi) is 6.40. The summed E-state index contributed by atoms with van der Waals surface area (Å²) in [7, 11) is 0. The number of quaternary nitrogens is 1. The molecule has 3 aromatic rings. The molecule has 0 spiro atoms. The largest absolute Gasteiger partial charge is 0.321 e. The highest BCUT2D eigenvalue weighted by molar-refractivity contribution is 5.94. The molecule has 2 N–H and O–H groups in total. The number of aromatic nitrogens is 1. The van der Waals surface area contributed by atoms with Crippen LogP contribution in [0.4, 0.5) is 11.5 Å². The molecular formula is C25H30N4O+2. The predicted octanol–water partition coefficient (Wildman–Crippen LogP) is 1.75. The van der Waals surface area contributed by atoms with Crippen molar-refractivity contribution >= 4 is 17.4 Å². The van der Waals surface area contributed by atoms with Gasteiger partial charge in [-0.15, -0.1) is 0 Å². The minimum Gasteiger partial charge on any atom is -0.321 e. The van der Waals surface area contributed by atoms with E-state index in [4.69, 9.17) is 0 Å². The third-order valence-electron chi connectivity index (χ3n) is 5.70. The first-order valence-corrected chi connectivity index (χ1v) is 10.7. The summed E-state index contributed by atoms with van der Waals surface area (Å²) >= 11 is 0. The van der Waals surface area contributed by atoms with Gasteiger partial charge < -0.3 is 9.80 Å². The molecule has 30 heavy (non-hydrogen) atoms. The summed E-state index contributed by atoms with van der Waals surface area (Å²) < 4.78 is 0. The predicted molar refractivity (Wildman–Crippen MR) is 120 cm³/mol. The lowest BCUT2D eigenvalue weighted by Crippen LogP contribution is -3.16. The van der Waals surface area contributed by atoms with Gasteiger partial charge in [0, 0.05) is 11.8 Å². The van der Waals surface area contributed by atoms with Crippen LogP contribution in [0.15, 0.2) is 79.0 Å². The average molecular weight is 403 g/mol. The average Bonchev–Trinajstić information content (AvgIpc) is 2.79. The van der Waals surface area contributed by atoms with E-state index in [9.17, 15) is 4.79 Å². The molecule has 0 atom stereocenters. The van der Waals surface area contributed by atoms with E-state index in [-0.39, 0.29) is 5.91 Å². The maximum absolute atomic E-state index is 13.4. The van der Waals surface area contributed by atoms with Crippen LogP contribution in [0.5, 0.6) is 0 Å². The molecule has 1 saturated heterocycles. The van der Waals surface area contributed by atoms with Crippen molar-refractivity contribution < 1.29 is 14.7 Å². The van der Waals surface area contributed by atoms with Crippen molar-refractivity contribution in [2.45, 2.75) is 13.5 Å². The van der Waals surface area contributed by atoms with Crippen molar-refractivity contribution in [3.63, 3.8) is 0 Å². The molecule has 0 aliphatic carbocycles. The summed E-state index contributed by atoms with van der Waals surface area (Å²) in [4.78, 5) is 22.3. The van der Waals surface area contributed by atoms with E-state index in [0.717, 1.165) is 43.2 Å². The van der Waals surface area contributed by atoms with E-state index in [1.54, 1.807) is 0 Å². The molecule has 0 bridgehead atoms. The van der Waals surface area contributed by atoms with Crippen LogP contribution < -0.4 is 19.7 Å². The lowest BCUT2D eigenvalue weighted by atomic mass is 10.1. The summed E-state index contributed by atoms with van der Waals surface area (Å²) in [6, 6.07) is 24.6. The van der Waals surface area contributed by atoms with Gasteiger partial charge in [0.2, 0.25) is 0 Å². The lowest BCUT2D eigenvalue weighted by molar-refractivity contribution is -0.892. The fourth-order valence-electron chi connectivity index (χ4n) is 4.02. The Morgan fingerprint density at radius 1 is 1.00 bits per heavy atom. The van der Waals surface area contributed by atoms with Gasteiger partial charge in [-0.1, -0.05) is 48.5 Å². The first-order chi connectivity index (χ1) is 14.7. The Labute approximate surface area is 178 Å². The fraction of sp³-hybridized carbons (Fsp3) is 0.280. The molecule has 0 unspecified atom stereocenters. The van der Waals surface area contributed by atoms with Crippen molar-refractivity contribution in [2.24, 2.45) is 0 Å². The quantitative estimate of drug-likeness (QED) is 0.683. The number of aryl methyl sites for hydroxylation is 1. The summed E-state index contributed by atoms with van der Waals surface area (Å²) in [6.45, 7) is 7.01. The molecule has 2 heterocycles. The number of nitrogens with zero attached hydrogens (tertiary/aromatic N) is 2.